The smallest absolute Gasteiger partial charge is 0.178 e. The summed E-state index contributed by atoms with van der Waals surface area (Å²) in [6, 6.07) is 4.90. The monoisotopic (exact) mass is 273 g/mol. The second-order valence-electron chi connectivity index (χ2n) is 4.06. The van der Waals surface area contributed by atoms with E-state index in [0.29, 0.717) is 17.1 Å². The number of aromatic nitrogens is 4. The predicted molar refractivity (Wildman–Crippen MR) is 69.4 cm³/mol. The normalized spacial score (nSPS) is 10.7. The van der Waals surface area contributed by atoms with E-state index in [0.717, 1.165) is 12.1 Å². The lowest BCUT2D eigenvalue weighted by Crippen LogP contribution is -1.94. The first-order chi connectivity index (χ1) is 9.66. The number of hydrogen-bond donors (Lipinski definition) is 2. The summed E-state index contributed by atoms with van der Waals surface area (Å²) >= 11 is 0. The molecule has 0 saturated carbocycles. The van der Waals surface area contributed by atoms with Gasteiger partial charge in [-0.15, -0.1) is 0 Å². The van der Waals surface area contributed by atoms with Gasteiger partial charge in [0.05, 0.1) is 5.56 Å². The summed E-state index contributed by atoms with van der Waals surface area (Å²) in [5.74, 6) is -0.963. The molecule has 0 aliphatic rings. The average Bonchev–Trinajstić information content (AvgIpc) is 2.82. The molecule has 0 atom stereocenters. The molecule has 5 nitrogen and oxygen atoms in total. The molecule has 0 unspecified atom stereocenters. The zero-order valence-electron chi connectivity index (χ0n) is 10.1. The second kappa shape index (κ2) is 4.69. The third-order valence-corrected chi connectivity index (χ3v) is 2.78. The van der Waals surface area contributed by atoms with Gasteiger partial charge in [-0.2, -0.15) is 5.10 Å². The number of nitrogens with one attached hydrogen (secondary N) is 1. The van der Waals surface area contributed by atoms with Gasteiger partial charge in [-0.1, -0.05) is 0 Å². The Morgan fingerprint density at radius 2 is 1.85 bits per heavy atom. The molecule has 2 aromatic heterocycles. The molecule has 0 saturated heterocycles. The molecule has 0 aliphatic carbocycles. The highest BCUT2D eigenvalue weighted by Gasteiger charge is 2.19. The minimum absolute atomic E-state index is 0.0953. The van der Waals surface area contributed by atoms with E-state index in [1.807, 2.05) is 0 Å². The van der Waals surface area contributed by atoms with Gasteiger partial charge in [0.15, 0.2) is 11.6 Å². The van der Waals surface area contributed by atoms with E-state index in [4.69, 9.17) is 5.73 Å². The van der Waals surface area contributed by atoms with Crippen molar-refractivity contribution in [3.8, 4) is 22.6 Å². The third-order valence-electron chi connectivity index (χ3n) is 2.78. The molecule has 0 aliphatic heterocycles. The minimum atomic E-state index is -0.727. The molecule has 0 amide bonds. The Bertz CT molecular complexity index is 755. The number of nitrogen functional groups attached to an aromatic ring is 1. The summed E-state index contributed by atoms with van der Waals surface area (Å²) in [6.07, 6.45) is 3.09. The lowest BCUT2D eigenvalue weighted by Gasteiger charge is -2.05. The lowest BCUT2D eigenvalue weighted by atomic mass is 10.0. The van der Waals surface area contributed by atoms with E-state index in [1.165, 1.54) is 6.07 Å². The Morgan fingerprint density at radius 1 is 1.10 bits per heavy atom. The zero-order chi connectivity index (χ0) is 14.1. The van der Waals surface area contributed by atoms with E-state index in [9.17, 15) is 8.78 Å². The van der Waals surface area contributed by atoms with E-state index in [2.05, 4.69) is 20.2 Å². The Kier molecular flexibility index (Phi) is 2.86. The van der Waals surface area contributed by atoms with Crippen LogP contribution in [0.2, 0.25) is 0 Å². The molecule has 2 heterocycles. The molecular weight excluding hydrogens is 264 g/mol. The summed E-state index contributed by atoms with van der Waals surface area (Å²) in [5.41, 5.74) is 6.59. The Hall–Kier alpha value is -2.83. The van der Waals surface area contributed by atoms with Crippen LogP contribution in [0.15, 0.2) is 36.7 Å². The summed E-state index contributed by atoms with van der Waals surface area (Å²) in [4.78, 5) is 8.12. The number of rotatable bonds is 2. The molecule has 0 radical (unpaired) electrons. The summed E-state index contributed by atoms with van der Waals surface area (Å²) in [7, 11) is 0. The molecule has 0 bridgehead atoms. The number of halogens is 2. The van der Waals surface area contributed by atoms with E-state index in [-0.39, 0.29) is 11.4 Å². The van der Waals surface area contributed by atoms with Crippen LogP contribution < -0.4 is 5.73 Å². The fourth-order valence-electron chi connectivity index (χ4n) is 1.91. The topological polar surface area (TPSA) is 80.5 Å². The van der Waals surface area contributed by atoms with Gasteiger partial charge < -0.3 is 5.73 Å². The van der Waals surface area contributed by atoms with E-state index in [1.54, 1.807) is 18.5 Å². The maximum absolute atomic E-state index is 13.9. The number of benzene rings is 1. The molecule has 3 aromatic rings. The Morgan fingerprint density at radius 3 is 2.55 bits per heavy atom. The van der Waals surface area contributed by atoms with Crippen molar-refractivity contribution in [2.75, 3.05) is 5.73 Å². The average molecular weight is 273 g/mol. The first kappa shape index (κ1) is 12.2. The molecule has 20 heavy (non-hydrogen) atoms. The van der Waals surface area contributed by atoms with E-state index >= 15 is 0 Å². The number of aromatic amines is 1. The van der Waals surface area contributed by atoms with Crippen molar-refractivity contribution < 1.29 is 8.78 Å². The van der Waals surface area contributed by atoms with Crippen LogP contribution in [0, 0.1) is 11.6 Å². The quantitative estimate of drug-likeness (QED) is 0.751. The first-order valence-electron chi connectivity index (χ1n) is 5.73. The molecule has 7 heteroatoms. The van der Waals surface area contributed by atoms with Crippen LogP contribution in [0.1, 0.15) is 0 Å². The molecule has 3 N–H and O–H groups in total. The number of nitrogens with two attached hydrogens (primary N) is 1. The highest BCUT2D eigenvalue weighted by molar-refractivity contribution is 5.85. The van der Waals surface area contributed by atoms with Gasteiger partial charge in [-0.25, -0.2) is 18.7 Å². The predicted octanol–water partition coefficient (Wildman–Crippen LogP) is 2.39. The maximum atomic E-state index is 13.9. The number of H-pyrrole nitrogens is 1. The molecule has 0 spiro atoms. The van der Waals surface area contributed by atoms with Gasteiger partial charge in [0.1, 0.15) is 17.3 Å². The fourth-order valence-corrected chi connectivity index (χ4v) is 1.91. The SMILES string of the molecule is Nc1n[nH]c(-c2ncccn2)c1-c1ccc(F)cc1F. The standard InChI is InChI=1S/C13H9F2N5/c14-7-2-3-8(9(15)6-7)10-11(19-20-12(10)16)13-17-4-1-5-18-13/h1-6H,(H3,16,19,20). The maximum Gasteiger partial charge on any atom is 0.178 e. The van der Waals surface area contributed by atoms with Crippen LogP contribution in [0.3, 0.4) is 0 Å². The van der Waals surface area contributed by atoms with Crippen molar-refractivity contribution >= 4 is 5.82 Å². The molecule has 3 rings (SSSR count). The van der Waals surface area contributed by atoms with Crippen LogP contribution in [-0.2, 0) is 0 Å². The fraction of sp³-hybridized carbons (Fsp3) is 0. The van der Waals surface area contributed by atoms with E-state index < -0.39 is 11.6 Å². The van der Waals surface area contributed by atoms with Crippen molar-refractivity contribution in [3.63, 3.8) is 0 Å². The number of hydrogen-bond acceptors (Lipinski definition) is 4. The molecular formula is C13H9F2N5. The summed E-state index contributed by atoms with van der Waals surface area (Å²) in [6.45, 7) is 0. The molecule has 1 aromatic carbocycles. The summed E-state index contributed by atoms with van der Waals surface area (Å²) in [5, 5.41) is 6.52. The highest BCUT2D eigenvalue weighted by atomic mass is 19.1. The third kappa shape index (κ3) is 1.99. The van der Waals surface area contributed by atoms with Crippen LogP contribution in [0.5, 0.6) is 0 Å². The van der Waals surface area contributed by atoms with Crippen LogP contribution in [0.4, 0.5) is 14.6 Å². The molecule has 100 valence electrons. The van der Waals surface area contributed by atoms with Gasteiger partial charge in [-0.3, -0.25) is 5.10 Å². The minimum Gasteiger partial charge on any atom is -0.382 e. The summed E-state index contributed by atoms with van der Waals surface area (Å²) < 4.78 is 26.9. The molecule has 0 fully saturated rings. The van der Waals surface area contributed by atoms with Crippen molar-refractivity contribution in [2.24, 2.45) is 0 Å². The largest absolute Gasteiger partial charge is 0.382 e. The van der Waals surface area contributed by atoms with Crippen molar-refractivity contribution in [1.29, 1.82) is 0 Å². The van der Waals surface area contributed by atoms with Crippen LogP contribution >= 0.6 is 0 Å². The highest BCUT2D eigenvalue weighted by Crippen LogP contribution is 2.34. The zero-order valence-corrected chi connectivity index (χ0v) is 10.1. The number of anilines is 1. The van der Waals surface area contributed by atoms with Gasteiger partial charge in [0.2, 0.25) is 0 Å². The lowest BCUT2D eigenvalue weighted by molar-refractivity contribution is 0.585. The second-order valence-corrected chi connectivity index (χ2v) is 4.06. The van der Waals surface area contributed by atoms with Gasteiger partial charge in [-0.05, 0) is 18.2 Å². The van der Waals surface area contributed by atoms with Gasteiger partial charge in [0.25, 0.3) is 0 Å². The Balaban J connectivity index is 2.22. The van der Waals surface area contributed by atoms with Crippen molar-refractivity contribution in [1.82, 2.24) is 20.2 Å². The van der Waals surface area contributed by atoms with Gasteiger partial charge >= 0.3 is 0 Å². The van der Waals surface area contributed by atoms with Crippen molar-refractivity contribution in [2.45, 2.75) is 0 Å². The first-order valence-corrected chi connectivity index (χ1v) is 5.73. The number of nitrogens with zero attached hydrogens (tertiary/aromatic N) is 3. The van der Waals surface area contributed by atoms with Gasteiger partial charge in [0, 0.05) is 24.0 Å². The van der Waals surface area contributed by atoms with Crippen LogP contribution in [0.25, 0.3) is 22.6 Å². The van der Waals surface area contributed by atoms with Crippen LogP contribution in [-0.4, -0.2) is 20.2 Å². The van der Waals surface area contributed by atoms with Crippen molar-refractivity contribution in [3.05, 3.63) is 48.3 Å². The Labute approximate surface area is 112 Å².